The number of aryl methyl sites for hydroxylation is 1. The molecule has 3 amide bonds. The predicted octanol–water partition coefficient (Wildman–Crippen LogP) is 2.56. The lowest BCUT2D eigenvalue weighted by Gasteiger charge is -2.07. The zero-order chi connectivity index (χ0) is 19.6. The SMILES string of the molecule is Cc1cc(NC(=O)CSCC(=O)NCCC(=O)Nc2ccc(Br)cc2)no1. The monoisotopic (exact) mass is 454 g/mol. The molecule has 2 aromatic rings. The van der Waals surface area contributed by atoms with Crippen molar-refractivity contribution in [3.05, 3.63) is 40.6 Å². The zero-order valence-corrected chi connectivity index (χ0v) is 17.0. The molecule has 2 rings (SSSR count). The summed E-state index contributed by atoms with van der Waals surface area (Å²) in [5, 5.41) is 11.6. The summed E-state index contributed by atoms with van der Waals surface area (Å²) in [5.41, 5.74) is 0.693. The molecule has 0 saturated carbocycles. The Morgan fingerprint density at radius 3 is 2.44 bits per heavy atom. The molecule has 27 heavy (non-hydrogen) atoms. The number of halogens is 1. The normalized spacial score (nSPS) is 10.3. The summed E-state index contributed by atoms with van der Waals surface area (Å²) in [7, 11) is 0. The number of carbonyl (C=O) groups is 3. The smallest absolute Gasteiger partial charge is 0.235 e. The molecule has 0 aliphatic rings. The van der Waals surface area contributed by atoms with Crippen molar-refractivity contribution in [2.75, 3.05) is 28.7 Å². The molecule has 0 unspecified atom stereocenters. The van der Waals surface area contributed by atoms with Crippen molar-refractivity contribution < 1.29 is 18.9 Å². The first-order valence-electron chi connectivity index (χ1n) is 8.05. The Hall–Kier alpha value is -2.33. The summed E-state index contributed by atoms with van der Waals surface area (Å²) in [4.78, 5) is 35.2. The summed E-state index contributed by atoms with van der Waals surface area (Å²) in [6, 6.07) is 8.82. The fraction of sp³-hybridized carbons (Fsp3) is 0.294. The molecule has 0 atom stereocenters. The third-order valence-electron chi connectivity index (χ3n) is 3.16. The molecule has 3 N–H and O–H groups in total. The van der Waals surface area contributed by atoms with Crippen molar-refractivity contribution in [1.29, 1.82) is 0 Å². The van der Waals surface area contributed by atoms with Gasteiger partial charge in [0.1, 0.15) is 5.76 Å². The minimum Gasteiger partial charge on any atom is -0.360 e. The minimum absolute atomic E-state index is 0.114. The van der Waals surface area contributed by atoms with Gasteiger partial charge in [-0.1, -0.05) is 21.1 Å². The molecular weight excluding hydrogens is 436 g/mol. The molecule has 0 fully saturated rings. The number of nitrogens with zero attached hydrogens (tertiary/aromatic N) is 1. The van der Waals surface area contributed by atoms with Gasteiger partial charge < -0.3 is 20.5 Å². The fourth-order valence-corrected chi connectivity index (χ4v) is 2.88. The summed E-state index contributed by atoms with van der Waals surface area (Å²) in [6.07, 6.45) is 0.165. The van der Waals surface area contributed by atoms with Gasteiger partial charge in [-0.25, -0.2) is 0 Å². The molecule has 1 heterocycles. The van der Waals surface area contributed by atoms with Gasteiger partial charge in [0.15, 0.2) is 5.82 Å². The van der Waals surface area contributed by atoms with E-state index in [1.807, 2.05) is 12.1 Å². The van der Waals surface area contributed by atoms with Gasteiger partial charge >= 0.3 is 0 Å². The lowest BCUT2D eigenvalue weighted by molar-refractivity contribution is -0.119. The minimum atomic E-state index is -0.269. The van der Waals surface area contributed by atoms with Crippen molar-refractivity contribution in [3.63, 3.8) is 0 Å². The van der Waals surface area contributed by atoms with Gasteiger partial charge in [0.2, 0.25) is 17.7 Å². The van der Waals surface area contributed by atoms with Crippen LogP contribution in [0.5, 0.6) is 0 Å². The van der Waals surface area contributed by atoms with E-state index >= 15 is 0 Å². The number of hydrogen-bond donors (Lipinski definition) is 3. The average Bonchev–Trinajstić information content (AvgIpc) is 3.01. The van der Waals surface area contributed by atoms with Crippen LogP contribution in [0.15, 0.2) is 39.3 Å². The van der Waals surface area contributed by atoms with Gasteiger partial charge in [0.05, 0.1) is 11.5 Å². The molecule has 0 aliphatic heterocycles. The second-order valence-electron chi connectivity index (χ2n) is 5.52. The van der Waals surface area contributed by atoms with Crippen LogP contribution < -0.4 is 16.0 Å². The number of hydrogen-bond acceptors (Lipinski definition) is 6. The first kappa shape index (κ1) is 21.0. The maximum Gasteiger partial charge on any atom is 0.235 e. The Balaban J connectivity index is 1.55. The van der Waals surface area contributed by atoms with Crippen LogP contribution in [0.3, 0.4) is 0 Å². The first-order chi connectivity index (χ1) is 12.9. The van der Waals surface area contributed by atoms with E-state index in [1.165, 1.54) is 11.8 Å². The molecule has 1 aromatic heterocycles. The molecule has 0 radical (unpaired) electrons. The highest BCUT2D eigenvalue weighted by Crippen LogP contribution is 2.14. The number of thioether (sulfide) groups is 1. The average molecular weight is 455 g/mol. The van der Waals surface area contributed by atoms with E-state index in [2.05, 4.69) is 37.0 Å². The lowest BCUT2D eigenvalue weighted by atomic mass is 10.3. The third kappa shape index (κ3) is 8.27. The number of nitrogens with one attached hydrogen (secondary N) is 3. The fourth-order valence-electron chi connectivity index (χ4n) is 1.96. The number of aromatic nitrogens is 1. The van der Waals surface area contributed by atoms with Crippen LogP contribution in [-0.4, -0.2) is 40.9 Å². The topological polar surface area (TPSA) is 113 Å². The van der Waals surface area contributed by atoms with E-state index in [4.69, 9.17) is 4.52 Å². The molecular formula is C17H19BrN4O4S. The van der Waals surface area contributed by atoms with Crippen molar-refractivity contribution in [2.24, 2.45) is 0 Å². The second-order valence-corrected chi connectivity index (χ2v) is 7.42. The van der Waals surface area contributed by atoms with Gasteiger partial charge in [0, 0.05) is 29.2 Å². The molecule has 0 aliphatic carbocycles. The summed E-state index contributed by atoms with van der Waals surface area (Å²) < 4.78 is 5.77. The highest BCUT2D eigenvalue weighted by molar-refractivity contribution is 9.10. The van der Waals surface area contributed by atoms with Crippen LogP contribution in [0.4, 0.5) is 11.5 Å². The molecule has 0 spiro atoms. The van der Waals surface area contributed by atoms with Gasteiger partial charge in [-0.2, -0.15) is 0 Å². The molecule has 0 bridgehead atoms. The summed E-state index contributed by atoms with van der Waals surface area (Å²) in [6.45, 7) is 1.95. The van der Waals surface area contributed by atoms with Crippen LogP contribution in [0.2, 0.25) is 0 Å². The maximum atomic E-state index is 11.8. The lowest BCUT2D eigenvalue weighted by Crippen LogP contribution is -2.29. The number of anilines is 2. The zero-order valence-electron chi connectivity index (χ0n) is 14.6. The Morgan fingerprint density at radius 1 is 1.07 bits per heavy atom. The largest absolute Gasteiger partial charge is 0.360 e. The van der Waals surface area contributed by atoms with Crippen molar-refractivity contribution in [3.8, 4) is 0 Å². The van der Waals surface area contributed by atoms with Gasteiger partial charge in [0.25, 0.3) is 0 Å². The number of rotatable bonds is 9. The first-order valence-corrected chi connectivity index (χ1v) is 10.00. The third-order valence-corrected chi connectivity index (χ3v) is 4.63. The van der Waals surface area contributed by atoms with Gasteiger partial charge in [-0.15, -0.1) is 11.8 Å². The summed E-state index contributed by atoms with van der Waals surface area (Å²) >= 11 is 4.49. The van der Waals surface area contributed by atoms with Crippen LogP contribution in [0.1, 0.15) is 12.2 Å². The standard InChI is InChI=1S/C17H19BrN4O4S/c1-11-8-14(22-26-11)21-17(25)10-27-9-16(24)19-7-6-15(23)20-13-4-2-12(18)3-5-13/h2-5,8H,6-7,9-10H2,1H3,(H,19,24)(H,20,23)(H,21,22,25). The van der Waals surface area contributed by atoms with Crippen LogP contribution in [0.25, 0.3) is 0 Å². The van der Waals surface area contributed by atoms with E-state index in [0.717, 1.165) is 4.47 Å². The Kier molecular flexibility index (Phi) is 8.34. The van der Waals surface area contributed by atoms with E-state index in [9.17, 15) is 14.4 Å². The highest BCUT2D eigenvalue weighted by Gasteiger charge is 2.09. The van der Waals surface area contributed by atoms with Gasteiger partial charge in [-0.05, 0) is 31.2 Å². The van der Waals surface area contributed by atoms with E-state index in [1.54, 1.807) is 25.1 Å². The van der Waals surface area contributed by atoms with Crippen LogP contribution >= 0.6 is 27.7 Å². The van der Waals surface area contributed by atoms with Crippen molar-refractivity contribution in [1.82, 2.24) is 10.5 Å². The van der Waals surface area contributed by atoms with E-state index in [-0.39, 0.29) is 42.2 Å². The predicted molar refractivity (Wildman–Crippen MR) is 108 cm³/mol. The van der Waals surface area contributed by atoms with Crippen LogP contribution in [-0.2, 0) is 14.4 Å². The van der Waals surface area contributed by atoms with Crippen molar-refractivity contribution in [2.45, 2.75) is 13.3 Å². The second kappa shape index (κ2) is 10.7. The molecule has 1 aromatic carbocycles. The maximum absolute atomic E-state index is 11.8. The Morgan fingerprint density at radius 2 is 1.78 bits per heavy atom. The molecule has 10 heteroatoms. The molecule has 8 nitrogen and oxygen atoms in total. The van der Waals surface area contributed by atoms with Crippen molar-refractivity contribution >= 4 is 56.9 Å². The molecule has 0 saturated heterocycles. The van der Waals surface area contributed by atoms with E-state index in [0.29, 0.717) is 17.3 Å². The Labute approximate surface area is 168 Å². The number of carbonyl (C=O) groups excluding carboxylic acids is 3. The number of amides is 3. The Bertz CT molecular complexity index is 794. The summed E-state index contributed by atoms with van der Waals surface area (Å²) in [5.74, 6) is 0.494. The quantitative estimate of drug-likeness (QED) is 0.536. The molecule has 144 valence electrons. The van der Waals surface area contributed by atoms with Gasteiger partial charge in [-0.3, -0.25) is 14.4 Å². The van der Waals surface area contributed by atoms with Crippen LogP contribution in [0, 0.1) is 6.92 Å². The van der Waals surface area contributed by atoms with E-state index < -0.39 is 0 Å². The number of benzene rings is 1. The highest BCUT2D eigenvalue weighted by atomic mass is 79.9.